The number of nitrogens with zero attached hydrogens (tertiary/aromatic N) is 2. The molecular formula is C24H23N5O2. The number of anilines is 1. The van der Waals surface area contributed by atoms with Gasteiger partial charge >= 0.3 is 0 Å². The molecule has 0 aliphatic carbocycles. The van der Waals surface area contributed by atoms with E-state index in [9.17, 15) is 4.79 Å². The number of carbonyl (C=O) groups excluding carboxylic acids is 1. The summed E-state index contributed by atoms with van der Waals surface area (Å²) in [5.41, 5.74) is 3.50. The van der Waals surface area contributed by atoms with E-state index in [4.69, 9.17) is 9.72 Å². The molecule has 156 valence electrons. The third-order valence-electron chi connectivity index (χ3n) is 5.37. The maximum atomic E-state index is 12.8. The summed E-state index contributed by atoms with van der Waals surface area (Å²) in [4.78, 5) is 24.9. The van der Waals surface area contributed by atoms with Gasteiger partial charge in [-0.25, -0.2) is 4.98 Å². The molecule has 5 rings (SSSR count). The second-order valence-electron chi connectivity index (χ2n) is 7.58. The lowest BCUT2D eigenvalue weighted by molar-refractivity contribution is 0.102. The number of ether oxygens (including phenoxy) is 1. The van der Waals surface area contributed by atoms with E-state index in [-0.39, 0.29) is 12.0 Å². The smallest absolute Gasteiger partial charge is 0.257 e. The molecule has 3 heterocycles. The molecule has 3 N–H and O–H groups in total. The quantitative estimate of drug-likeness (QED) is 0.460. The van der Waals surface area contributed by atoms with Gasteiger partial charge in [0.1, 0.15) is 23.2 Å². The van der Waals surface area contributed by atoms with Crippen molar-refractivity contribution in [3.05, 3.63) is 72.6 Å². The Bertz CT molecular complexity index is 1200. The molecule has 1 aliphatic rings. The Morgan fingerprint density at radius 1 is 1.06 bits per heavy atom. The van der Waals surface area contributed by atoms with E-state index in [0.29, 0.717) is 22.6 Å². The van der Waals surface area contributed by atoms with Crippen LogP contribution in [0.15, 0.2) is 67.0 Å². The van der Waals surface area contributed by atoms with Crippen LogP contribution in [0.4, 0.5) is 5.69 Å². The number of fused-ring (bicyclic) bond motifs is 1. The Morgan fingerprint density at radius 3 is 2.77 bits per heavy atom. The first-order valence-electron chi connectivity index (χ1n) is 10.4. The van der Waals surface area contributed by atoms with E-state index in [1.54, 1.807) is 30.6 Å². The zero-order valence-corrected chi connectivity index (χ0v) is 17.0. The summed E-state index contributed by atoms with van der Waals surface area (Å²) in [6.07, 6.45) is 5.52. The van der Waals surface area contributed by atoms with Gasteiger partial charge in [-0.05, 0) is 62.3 Å². The van der Waals surface area contributed by atoms with E-state index in [0.717, 1.165) is 42.8 Å². The van der Waals surface area contributed by atoms with Crippen LogP contribution in [0, 0.1) is 0 Å². The molecule has 0 atom stereocenters. The maximum absolute atomic E-state index is 12.8. The number of aromatic amines is 1. The number of nitrogens with one attached hydrogen (secondary N) is 3. The number of amides is 1. The Labute approximate surface area is 179 Å². The van der Waals surface area contributed by atoms with Crippen molar-refractivity contribution in [2.24, 2.45) is 0 Å². The van der Waals surface area contributed by atoms with E-state index in [1.807, 2.05) is 36.4 Å². The van der Waals surface area contributed by atoms with Crippen LogP contribution in [0.3, 0.4) is 0 Å². The molecule has 1 aliphatic heterocycles. The van der Waals surface area contributed by atoms with Crippen LogP contribution in [0.1, 0.15) is 23.2 Å². The predicted molar refractivity (Wildman–Crippen MR) is 120 cm³/mol. The Hall–Kier alpha value is -3.71. The van der Waals surface area contributed by atoms with Crippen molar-refractivity contribution in [2.45, 2.75) is 18.9 Å². The van der Waals surface area contributed by atoms with Crippen LogP contribution in [-0.4, -0.2) is 40.1 Å². The summed E-state index contributed by atoms with van der Waals surface area (Å²) >= 11 is 0. The molecule has 0 saturated carbocycles. The second kappa shape index (κ2) is 8.57. The summed E-state index contributed by atoms with van der Waals surface area (Å²) in [5.74, 6) is 1.31. The molecule has 0 spiro atoms. The van der Waals surface area contributed by atoms with E-state index in [1.165, 1.54) is 0 Å². The number of H-pyrrole nitrogens is 1. The van der Waals surface area contributed by atoms with Crippen molar-refractivity contribution in [1.29, 1.82) is 0 Å². The lowest BCUT2D eigenvalue weighted by Gasteiger charge is -2.23. The van der Waals surface area contributed by atoms with Crippen LogP contribution < -0.4 is 15.4 Å². The van der Waals surface area contributed by atoms with Gasteiger partial charge in [0.2, 0.25) is 0 Å². The average Bonchev–Trinajstić information content (AvgIpc) is 3.25. The molecule has 2 aromatic carbocycles. The number of aromatic nitrogens is 3. The second-order valence-corrected chi connectivity index (χ2v) is 7.58. The minimum atomic E-state index is -0.223. The summed E-state index contributed by atoms with van der Waals surface area (Å²) in [5, 5.41) is 6.22. The van der Waals surface area contributed by atoms with Gasteiger partial charge in [-0.1, -0.05) is 18.2 Å². The minimum absolute atomic E-state index is 0.223. The van der Waals surface area contributed by atoms with Gasteiger partial charge < -0.3 is 20.4 Å². The minimum Gasteiger partial charge on any atom is -0.490 e. The van der Waals surface area contributed by atoms with Gasteiger partial charge in [0, 0.05) is 11.8 Å². The highest BCUT2D eigenvalue weighted by atomic mass is 16.5. The Morgan fingerprint density at radius 2 is 1.94 bits per heavy atom. The summed E-state index contributed by atoms with van der Waals surface area (Å²) in [7, 11) is 0. The zero-order valence-electron chi connectivity index (χ0n) is 17.0. The van der Waals surface area contributed by atoms with Gasteiger partial charge in [0.05, 0.1) is 23.0 Å². The molecule has 0 bridgehead atoms. The standard InChI is InChI=1S/C24H23N5O2/c30-24(27-17-5-3-11-26-15-17)20-7-2-8-21-22(20)29-23(28-21)16-4-1-6-19(14-16)31-18-9-12-25-13-10-18/h1-8,11,14-15,18,25H,9-10,12-13H2,(H,27,30)(H,28,29). The number of piperidine rings is 1. The largest absolute Gasteiger partial charge is 0.490 e. The molecule has 1 fully saturated rings. The highest BCUT2D eigenvalue weighted by Crippen LogP contribution is 2.27. The van der Waals surface area contributed by atoms with Gasteiger partial charge in [-0.15, -0.1) is 0 Å². The summed E-state index contributed by atoms with van der Waals surface area (Å²) in [6.45, 7) is 1.97. The number of benzene rings is 2. The van der Waals surface area contributed by atoms with E-state index >= 15 is 0 Å². The van der Waals surface area contributed by atoms with Gasteiger partial charge in [-0.2, -0.15) is 0 Å². The van der Waals surface area contributed by atoms with E-state index in [2.05, 4.69) is 20.6 Å². The SMILES string of the molecule is O=C(Nc1cccnc1)c1cccc2[nH]c(-c3cccc(OC4CCNCC4)c3)nc12. The first-order chi connectivity index (χ1) is 15.3. The monoisotopic (exact) mass is 413 g/mol. The molecule has 1 amide bonds. The fraction of sp³-hybridized carbons (Fsp3) is 0.208. The predicted octanol–water partition coefficient (Wildman–Crippen LogP) is 4.01. The van der Waals surface area contributed by atoms with Crippen molar-refractivity contribution in [1.82, 2.24) is 20.3 Å². The summed E-state index contributed by atoms with van der Waals surface area (Å²) in [6, 6.07) is 17.0. The molecule has 7 nitrogen and oxygen atoms in total. The Kier molecular flexibility index (Phi) is 5.33. The third kappa shape index (κ3) is 4.27. The van der Waals surface area contributed by atoms with Crippen LogP contribution in [-0.2, 0) is 0 Å². The van der Waals surface area contributed by atoms with Gasteiger partial charge in [0.25, 0.3) is 5.91 Å². The van der Waals surface area contributed by atoms with Crippen LogP contribution in [0.25, 0.3) is 22.4 Å². The fourth-order valence-electron chi connectivity index (χ4n) is 3.81. The lowest BCUT2D eigenvalue weighted by Crippen LogP contribution is -2.34. The lowest BCUT2D eigenvalue weighted by atomic mass is 10.1. The first kappa shape index (κ1) is 19.3. The Balaban J connectivity index is 1.42. The van der Waals surface area contributed by atoms with Crippen molar-refractivity contribution in [2.75, 3.05) is 18.4 Å². The number of carbonyl (C=O) groups is 1. The molecule has 31 heavy (non-hydrogen) atoms. The van der Waals surface area contributed by atoms with Crippen molar-refractivity contribution < 1.29 is 9.53 Å². The maximum Gasteiger partial charge on any atom is 0.257 e. The normalized spacial score (nSPS) is 14.5. The third-order valence-corrected chi connectivity index (χ3v) is 5.37. The van der Waals surface area contributed by atoms with Crippen LogP contribution in [0.5, 0.6) is 5.75 Å². The van der Waals surface area contributed by atoms with Gasteiger partial charge in [-0.3, -0.25) is 9.78 Å². The number of imidazole rings is 1. The molecule has 4 aromatic rings. The number of hydrogen-bond donors (Lipinski definition) is 3. The molecule has 0 unspecified atom stereocenters. The van der Waals surface area contributed by atoms with Crippen LogP contribution in [0.2, 0.25) is 0 Å². The topological polar surface area (TPSA) is 91.9 Å². The zero-order chi connectivity index (χ0) is 21.0. The number of pyridine rings is 1. The van der Waals surface area contributed by atoms with Crippen molar-refractivity contribution in [3.63, 3.8) is 0 Å². The molecule has 2 aromatic heterocycles. The number of hydrogen-bond acceptors (Lipinski definition) is 5. The molecular weight excluding hydrogens is 390 g/mol. The van der Waals surface area contributed by atoms with Crippen molar-refractivity contribution >= 4 is 22.6 Å². The molecule has 0 radical (unpaired) electrons. The highest BCUT2D eigenvalue weighted by Gasteiger charge is 2.17. The van der Waals surface area contributed by atoms with E-state index < -0.39 is 0 Å². The molecule has 1 saturated heterocycles. The van der Waals surface area contributed by atoms with Gasteiger partial charge in [0.15, 0.2) is 0 Å². The first-order valence-corrected chi connectivity index (χ1v) is 10.4. The highest BCUT2D eigenvalue weighted by molar-refractivity contribution is 6.11. The summed E-state index contributed by atoms with van der Waals surface area (Å²) < 4.78 is 6.17. The van der Waals surface area contributed by atoms with Crippen molar-refractivity contribution in [3.8, 4) is 17.1 Å². The number of para-hydroxylation sites is 1. The average molecular weight is 413 g/mol. The molecule has 7 heteroatoms. The van der Waals surface area contributed by atoms with Crippen LogP contribution >= 0.6 is 0 Å². The number of rotatable bonds is 5. The fourth-order valence-corrected chi connectivity index (χ4v) is 3.81.